The maximum absolute atomic E-state index is 11.5. The van der Waals surface area contributed by atoms with Crippen molar-refractivity contribution in [1.29, 1.82) is 5.26 Å². The number of amides is 1. The number of rotatable bonds is 6. The molecule has 100 valence electrons. The molecule has 2 rings (SSSR count). The number of anilines is 1. The van der Waals surface area contributed by atoms with Crippen molar-refractivity contribution in [2.75, 3.05) is 11.9 Å². The maximum atomic E-state index is 11.5. The minimum absolute atomic E-state index is 0.113. The molecular weight excluding hydrogens is 240 g/mol. The third-order valence-electron chi connectivity index (χ3n) is 3.09. The summed E-state index contributed by atoms with van der Waals surface area (Å²) in [5.41, 5.74) is 1.48. The van der Waals surface area contributed by atoms with Crippen molar-refractivity contribution in [3.63, 3.8) is 0 Å². The fourth-order valence-electron chi connectivity index (χ4n) is 1.82. The Balaban J connectivity index is 1.74. The van der Waals surface area contributed by atoms with Gasteiger partial charge in [-0.25, -0.2) is 4.98 Å². The Morgan fingerprint density at radius 2 is 2.37 bits per heavy atom. The van der Waals surface area contributed by atoms with Crippen LogP contribution in [0.1, 0.15) is 36.8 Å². The molecule has 5 nitrogen and oxygen atoms in total. The second-order valence-electron chi connectivity index (χ2n) is 4.84. The smallest absolute Gasteiger partial charge is 0.220 e. The summed E-state index contributed by atoms with van der Waals surface area (Å²) in [5.74, 6) is 0.715. The van der Waals surface area contributed by atoms with Gasteiger partial charge in [0.1, 0.15) is 11.9 Å². The third kappa shape index (κ3) is 3.95. The summed E-state index contributed by atoms with van der Waals surface area (Å²) in [5, 5.41) is 15.1. The number of aromatic nitrogens is 1. The van der Waals surface area contributed by atoms with Gasteiger partial charge in [0.2, 0.25) is 5.91 Å². The van der Waals surface area contributed by atoms with E-state index in [1.807, 2.05) is 13.0 Å². The molecule has 0 radical (unpaired) electrons. The summed E-state index contributed by atoms with van der Waals surface area (Å²) in [6.07, 6.45) is 5.15. The Morgan fingerprint density at radius 3 is 3.05 bits per heavy atom. The van der Waals surface area contributed by atoms with Crippen LogP contribution in [0.25, 0.3) is 0 Å². The van der Waals surface area contributed by atoms with Gasteiger partial charge in [0.15, 0.2) is 0 Å². The summed E-state index contributed by atoms with van der Waals surface area (Å²) in [4.78, 5) is 15.6. The van der Waals surface area contributed by atoms with Crippen LogP contribution < -0.4 is 10.6 Å². The molecule has 1 saturated carbocycles. The first-order valence-corrected chi connectivity index (χ1v) is 6.59. The number of pyridine rings is 1. The summed E-state index contributed by atoms with van der Waals surface area (Å²) in [6, 6.07) is 4.38. The normalized spacial score (nSPS) is 13.7. The average molecular weight is 258 g/mol. The quantitative estimate of drug-likeness (QED) is 0.762. The minimum Gasteiger partial charge on any atom is -0.369 e. The highest BCUT2D eigenvalue weighted by Crippen LogP contribution is 2.19. The highest BCUT2D eigenvalue weighted by Gasteiger charge is 2.22. The summed E-state index contributed by atoms with van der Waals surface area (Å²) in [7, 11) is 0. The van der Waals surface area contributed by atoms with Gasteiger partial charge in [-0.05, 0) is 37.8 Å². The molecule has 1 amide bonds. The van der Waals surface area contributed by atoms with Crippen molar-refractivity contribution < 1.29 is 4.79 Å². The Kier molecular flexibility index (Phi) is 4.35. The van der Waals surface area contributed by atoms with Gasteiger partial charge in [0.05, 0.1) is 5.56 Å². The lowest BCUT2D eigenvalue weighted by molar-refractivity contribution is -0.121. The molecule has 1 aromatic heterocycles. The fraction of sp³-hybridized carbons (Fsp3) is 0.500. The highest BCUT2D eigenvalue weighted by molar-refractivity contribution is 5.76. The number of nitrogens with one attached hydrogen (secondary N) is 2. The van der Waals surface area contributed by atoms with E-state index in [4.69, 9.17) is 5.26 Å². The largest absolute Gasteiger partial charge is 0.369 e. The molecule has 0 bridgehead atoms. The van der Waals surface area contributed by atoms with E-state index < -0.39 is 0 Å². The molecule has 0 aromatic carbocycles. The van der Waals surface area contributed by atoms with Gasteiger partial charge in [-0.1, -0.05) is 0 Å². The fourth-order valence-corrected chi connectivity index (χ4v) is 1.82. The number of carbonyl (C=O) groups is 1. The molecule has 0 saturated heterocycles. The number of nitrogens with zero attached hydrogens (tertiary/aromatic N) is 2. The van der Waals surface area contributed by atoms with Crippen LogP contribution in [0.3, 0.4) is 0 Å². The molecule has 1 aliphatic carbocycles. The van der Waals surface area contributed by atoms with E-state index in [0.29, 0.717) is 30.4 Å². The first-order chi connectivity index (χ1) is 9.20. The molecule has 2 N–H and O–H groups in total. The lowest BCUT2D eigenvalue weighted by Gasteiger charge is -2.08. The average Bonchev–Trinajstić information content (AvgIpc) is 3.18. The van der Waals surface area contributed by atoms with Crippen LogP contribution in [-0.2, 0) is 4.79 Å². The van der Waals surface area contributed by atoms with E-state index in [1.54, 1.807) is 6.20 Å². The molecule has 1 aromatic rings. The molecule has 0 atom stereocenters. The van der Waals surface area contributed by atoms with Crippen molar-refractivity contribution in [2.24, 2.45) is 0 Å². The predicted octanol–water partition coefficient (Wildman–Crippen LogP) is 1.73. The lowest BCUT2D eigenvalue weighted by Crippen LogP contribution is -2.25. The summed E-state index contributed by atoms with van der Waals surface area (Å²) < 4.78 is 0. The van der Waals surface area contributed by atoms with Crippen molar-refractivity contribution in [1.82, 2.24) is 10.3 Å². The Bertz CT molecular complexity index is 503. The first kappa shape index (κ1) is 13.3. The molecule has 0 aliphatic heterocycles. The van der Waals surface area contributed by atoms with Crippen molar-refractivity contribution in [3.8, 4) is 6.07 Å². The van der Waals surface area contributed by atoms with E-state index in [2.05, 4.69) is 21.7 Å². The zero-order valence-electron chi connectivity index (χ0n) is 11.1. The zero-order valence-corrected chi connectivity index (χ0v) is 11.1. The van der Waals surface area contributed by atoms with Gasteiger partial charge < -0.3 is 10.6 Å². The third-order valence-corrected chi connectivity index (χ3v) is 3.09. The minimum atomic E-state index is 0.113. The number of hydrogen-bond donors (Lipinski definition) is 2. The van der Waals surface area contributed by atoms with Crippen LogP contribution in [0.5, 0.6) is 0 Å². The number of nitriles is 1. The second-order valence-corrected chi connectivity index (χ2v) is 4.84. The maximum Gasteiger partial charge on any atom is 0.220 e. The molecule has 1 heterocycles. The highest BCUT2D eigenvalue weighted by atomic mass is 16.1. The predicted molar refractivity (Wildman–Crippen MR) is 72.6 cm³/mol. The number of hydrogen-bond acceptors (Lipinski definition) is 4. The van der Waals surface area contributed by atoms with Gasteiger partial charge >= 0.3 is 0 Å². The van der Waals surface area contributed by atoms with Crippen molar-refractivity contribution in [3.05, 3.63) is 23.4 Å². The Labute approximate surface area is 113 Å². The molecule has 1 fully saturated rings. The van der Waals surface area contributed by atoms with Crippen molar-refractivity contribution in [2.45, 2.75) is 38.6 Å². The first-order valence-electron chi connectivity index (χ1n) is 6.59. The van der Waals surface area contributed by atoms with E-state index in [9.17, 15) is 4.79 Å². The SMILES string of the molecule is Cc1ccnc(NCCCC(=O)NC2CC2)c1C#N. The second kappa shape index (κ2) is 6.19. The Hall–Kier alpha value is -2.09. The molecular formula is C14H18N4O. The van der Waals surface area contributed by atoms with Gasteiger partial charge in [0.25, 0.3) is 0 Å². The van der Waals surface area contributed by atoms with Crippen LogP contribution in [0.2, 0.25) is 0 Å². The number of aryl methyl sites for hydroxylation is 1. The lowest BCUT2D eigenvalue weighted by atomic mass is 10.1. The summed E-state index contributed by atoms with van der Waals surface area (Å²) in [6.45, 7) is 2.53. The van der Waals surface area contributed by atoms with Crippen LogP contribution in [0.4, 0.5) is 5.82 Å². The van der Waals surface area contributed by atoms with E-state index in [1.165, 1.54) is 0 Å². The van der Waals surface area contributed by atoms with Crippen molar-refractivity contribution >= 4 is 11.7 Å². The van der Waals surface area contributed by atoms with E-state index >= 15 is 0 Å². The Morgan fingerprint density at radius 1 is 1.58 bits per heavy atom. The topological polar surface area (TPSA) is 77.8 Å². The van der Waals surface area contributed by atoms with Crippen LogP contribution >= 0.6 is 0 Å². The van der Waals surface area contributed by atoms with Crippen LogP contribution in [0, 0.1) is 18.3 Å². The molecule has 0 spiro atoms. The molecule has 0 unspecified atom stereocenters. The van der Waals surface area contributed by atoms with E-state index in [0.717, 1.165) is 24.8 Å². The van der Waals surface area contributed by atoms with Gasteiger partial charge in [-0.2, -0.15) is 5.26 Å². The van der Waals surface area contributed by atoms with Crippen LogP contribution in [0.15, 0.2) is 12.3 Å². The monoisotopic (exact) mass is 258 g/mol. The van der Waals surface area contributed by atoms with Gasteiger partial charge in [-0.15, -0.1) is 0 Å². The molecule has 1 aliphatic rings. The van der Waals surface area contributed by atoms with Gasteiger partial charge in [-0.3, -0.25) is 4.79 Å². The zero-order chi connectivity index (χ0) is 13.7. The summed E-state index contributed by atoms with van der Waals surface area (Å²) >= 11 is 0. The van der Waals surface area contributed by atoms with Crippen LogP contribution in [-0.4, -0.2) is 23.5 Å². The van der Waals surface area contributed by atoms with Gasteiger partial charge in [0, 0.05) is 25.2 Å². The number of carbonyl (C=O) groups excluding carboxylic acids is 1. The van der Waals surface area contributed by atoms with E-state index in [-0.39, 0.29) is 5.91 Å². The standard InChI is InChI=1S/C14H18N4O/c1-10-6-8-17-14(12(10)9-15)16-7-2-3-13(19)18-11-4-5-11/h6,8,11H,2-5,7H2,1H3,(H,16,17)(H,18,19). The molecule has 5 heteroatoms. The molecule has 19 heavy (non-hydrogen) atoms.